The second-order valence-corrected chi connectivity index (χ2v) is 4.71. The normalized spacial score (nSPS) is 11.5. The van der Waals surface area contributed by atoms with Crippen LogP contribution >= 0.6 is 0 Å². The van der Waals surface area contributed by atoms with Crippen LogP contribution < -0.4 is 10.6 Å². The van der Waals surface area contributed by atoms with E-state index in [0.29, 0.717) is 19.0 Å². The van der Waals surface area contributed by atoms with Crippen molar-refractivity contribution in [1.82, 2.24) is 10.6 Å². The lowest BCUT2D eigenvalue weighted by Crippen LogP contribution is -2.36. The van der Waals surface area contributed by atoms with Crippen molar-refractivity contribution >= 4 is 5.96 Å². The zero-order chi connectivity index (χ0) is 15.8. The molecule has 118 valence electrons. The summed E-state index contributed by atoms with van der Waals surface area (Å²) in [7, 11) is 0. The quantitative estimate of drug-likeness (QED) is 0.565. The van der Waals surface area contributed by atoms with Gasteiger partial charge in [-0.15, -0.1) is 0 Å². The smallest absolute Gasteiger partial charge is 0.191 e. The summed E-state index contributed by atoms with van der Waals surface area (Å²) in [4.78, 5) is 4.44. The van der Waals surface area contributed by atoms with Crippen LogP contribution in [0.25, 0.3) is 0 Å². The van der Waals surface area contributed by atoms with Crippen molar-refractivity contribution in [1.29, 1.82) is 0 Å². The van der Waals surface area contributed by atoms with Gasteiger partial charge in [-0.2, -0.15) is 0 Å². The van der Waals surface area contributed by atoms with Gasteiger partial charge in [-0.3, -0.25) is 0 Å². The Morgan fingerprint density at radius 1 is 1.32 bits per heavy atom. The van der Waals surface area contributed by atoms with E-state index in [1.807, 2.05) is 19.1 Å². The number of aliphatic hydroxyl groups excluding tert-OH is 1. The summed E-state index contributed by atoms with van der Waals surface area (Å²) in [6.45, 7) is 3.31. The molecule has 0 atom stereocenters. The van der Waals surface area contributed by atoms with Crippen LogP contribution in [-0.4, -0.2) is 17.6 Å². The summed E-state index contributed by atoms with van der Waals surface area (Å²) in [5, 5.41) is 15.4. The maximum atomic E-state index is 13.3. The number of aliphatic hydroxyl groups is 1. The molecule has 0 saturated carbocycles. The minimum atomic E-state index is -0.405. The second kappa shape index (κ2) is 8.19. The van der Waals surface area contributed by atoms with Gasteiger partial charge in [0.15, 0.2) is 5.96 Å². The van der Waals surface area contributed by atoms with Crippen LogP contribution in [0.3, 0.4) is 0 Å². The highest BCUT2D eigenvalue weighted by atomic mass is 19.1. The van der Waals surface area contributed by atoms with Gasteiger partial charge in [0.1, 0.15) is 11.6 Å². The highest BCUT2D eigenvalue weighted by molar-refractivity contribution is 5.79. The summed E-state index contributed by atoms with van der Waals surface area (Å²) in [6.07, 6.45) is 1.62. The van der Waals surface area contributed by atoms with Crippen LogP contribution in [0.15, 0.2) is 46.0 Å². The first-order chi connectivity index (χ1) is 10.7. The number of halogens is 1. The van der Waals surface area contributed by atoms with E-state index < -0.39 is 5.82 Å². The van der Waals surface area contributed by atoms with Gasteiger partial charge in [0.25, 0.3) is 0 Å². The molecular weight excluding hydrogens is 285 g/mol. The minimum absolute atomic E-state index is 0.279. The summed E-state index contributed by atoms with van der Waals surface area (Å²) in [6, 6.07) is 8.34. The zero-order valence-electron chi connectivity index (χ0n) is 12.5. The average molecular weight is 305 g/mol. The number of benzene rings is 1. The molecule has 0 bridgehead atoms. The van der Waals surface area contributed by atoms with Gasteiger partial charge in [0.2, 0.25) is 0 Å². The first-order valence-electron chi connectivity index (χ1n) is 7.15. The van der Waals surface area contributed by atoms with E-state index in [0.717, 1.165) is 17.9 Å². The van der Waals surface area contributed by atoms with Gasteiger partial charge in [0, 0.05) is 12.1 Å². The van der Waals surface area contributed by atoms with Gasteiger partial charge in [-0.25, -0.2) is 9.38 Å². The number of furan rings is 1. The molecule has 2 aromatic rings. The van der Waals surface area contributed by atoms with Gasteiger partial charge < -0.3 is 20.2 Å². The standard InChI is InChI=1S/C16H20FN3O2/c1-2-18-16(20-10-14-4-3-7-22-14)19-9-12-5-6-15(17)13(8-12)11-21/h3-8,21H,2,9-11H2,1H3,(H2,18,19,20). The molecule has 0 fully saturated rings. The largest absolute Gasteiger partial charge is 0.467 e. The number of hydrogen-bond donors (Lipinski definition) is 3. The van der Waals surface area contributed by atoms with Gasteiger partial charge in [0.05, 0.1) is 26.0 Å². The minimum Gasteiger partial charge on any atom is -0.467 e. The first kappa shape index (κ1) is 16.0. The fourth-order valence-electron chi connectivity index (χ4n) is 1.94. The topological polar surface area (TPSA) is 69.8 Å². The van der Waals surface area contributed by atoms with E-state index in [2.05, 4.69) is 15.6 Å². The fraction of sp³-hybridized carbons (Fsp3) is 0.312. The monoisotopic (exact) mass is 305 g/mol. The Hall–Kier alpha value is -2.34. The van der Waals surface area contributed by atoms with E-state index in [4.69, 9.17) is 9.52 Å². The summed E-state index contributed by atoms with van der Waals surface area (Å²) < 4.78 is 18.6. The number of aliphatic imine (C=N–C) groups is 1. The Kier molecular flexibility index (Phi) is 5.97. The van der Waals surface area contributed by atoms with Crippen LogP contribution in [-0.2, 0) is 19.7 Å². The number of nitrogens with zero attached hydrogens (tertiary/aromatic N) is 1. The molecular formula is C16H20FN3O2. The second-order valence-electron chi connectivity index (χ2n) is 4.71. The molecule has 5 nitrogen and oxygen atoms in total. The molecule has 0 saturated heterocycles. The lowest BCUT2D eigenvalue weighted by atomic mass is 10.1. The molecule has 6 heteroatoms. The SMILES string of the molecule is CCNC(=NCc1ccc(F)c(CO)c1)NCc1ccco1. The maximum absolute atomic E-state index is 13.3. The fourth-order valence-corrected chi connectivity index (χ4v) is 1.94. The molecule has 0 amide bonds. The predicted octanol–water partition coefficient (Wildman–Crippen LogP) is 2.17. The summed E-state index contributed by atoms with van der Waals surface area (Å²) in [5.74, 6) is 1.06. The molecule has 0 aliphatic heterocycles. The van der Waals surface area contributed by atoms with Crippen molar-refractivity contribution in [2.75, 3.05) is 6.54 Å². The number of nitrogens with one attached hydrogen (secondary N) is 2. The first-order valence-corrected chi connectivity index (χ1v) is 7.15. The van der Waals surface area contributed by atoms with Crippen molar-refractivity contribution in [2.45, 2.75) is 26.6 Å². The van der Waals surface area contributed by atoms with E-state index >= 15 is 0 Å². The molecule has 0 aliphatic carbocycles. The van der Waals surface area contributed by atoms with E-state index in [9.17, 15) is 4.39 Å². The van der Waals surface area contributed by atoms with Crippen LogP contribution in [0.5, 0.6) is 0 Å². The third-order valence-corrected chi connectivity index (χ3v) is 3.05. The van der Waals surface area contributed by atoms with E-state index in [1.165, 1.54) is 6.07 Å². The molecule has 1 aromatic carbocycles. The molecule has 1 heterocycles. The Morgan fingerprint density at radius 2 is 2.18 bits per heavy atom. The lowest BCUT2D eigenvalue weighted by molar-refractivity contribution is 0.275. The molecule has 3 N–H and O–H groups in total. The lowest BCUT2D eigenvalue weighted by Gasteiger charge is -2.10. The highest BCUT2D eigenvalue weighted by Gasteiger charge is 2.03. The Morgan fingerprint density at radius 3 is 2.86 bits per heavy atom. The Bertz CT molecular complexity index is 612. The predicted molar refractivity (Wildman–Crippen MR) is 82.7 cm³/mol. The highest BCUT2D eigenvalue weighted by Crippen LogP contribution is 2.11. The molecule has 1 aromatic heterocycles. The van der Waals surface area contributed by atoms with Gasteiger partial charge >= 0.3 is 0 Å². The zero-order valence-corrected chi connectivity index (χ0v) is 12.5. The van der Waals surface area contributed by atoms with Crippen molar-refractivity contribution in [3.63, 3.8) is 0 Å². The summed E-state index contributed by atoms with van der Waals surface area (Å²) >= 11 is 0. The maximum Gasteiger partial charge on any atom is 0.191 e. The summed E-state index contributed by atoms with van der Waals surface area (Å²) in [5.41, 5.74) is 1.11. The Balaban J connectivity index is 1.99. The molecule has 0 spiro atoms. The van der Waals surface area contributed by atoms with Crippen molar-refractivity contribution in [2.24, 2.45) is 4.99 Å². The average Bonchev–Trinajstić information content (AvgIpc) is 3.04. The molecule has 0 aliphatic rings. The van der Waals surface area contributed by atoms with Crippen molar-refractivity contribution in [3.8, 4) is 0 Å². The van der Waals surface area contributed by atoms with Crippen LogP contribution in [0, 0.1) is 5.82 Å². The molecule has 2 rings (SSSR count). The van der Waals surface area contributed by atoms with Gasteiger partial charge in [-0.1, -0.05) is 6.07 Å². The molecule has 0 radical (unpaired) electrons. The van der Waals surface area contributed by atoms with Gasteiger partial charge in [-0.05, 0) is 36.8 Å². The van der Waals surface area contributed by atoms with Crippen LogP contribution in [0.4, 0.5) is 4.39 Å². The number of hydrogen-bond acceptors (Lipinski definition) is 3. The molecule has 0 unspecified atom stereocenters. The van der Waals surface area contributed by atoms with E-state index in [-0.39, 0.29) is 12.2 Å². The molecule has 22 heavy (non-hydrogen) atoms. The third kappa shape index (κ3) is 4.60. The van der Waals surface area contributed by atoms with Crippen molar-refractivity contribution < 1.29 is 13.9 Å². The van der Waals surface area contributed by atoms with Crippen LogP contribution in [0.1, 0.15) is 23.8 Å². The number of guanidine groups is 1. The van der Waals surface area contributed by atoms with Crippen molar-refractivity contribution in [3.05, 3.63) is 59.3 Å². The van der Waals surface area contributed by atoms with E-state index in [1.54, 1.807) is 18.4 Å². The van der Waals surface area contributed by atoms with Crippen LogP contribution in [0.2, 0.25) is 0 Å². The number of rotatable bonds is 6. The third-order valence-electron chi connectivity index (χ3n) is 3.05. The Labute approximate surface area is 128 Å².